The molecule has 0 unspecified atom stereocenters. The first-order chi connectivity index (χ1) is 13.6. The normalized spacial score (nSPS) is 11.4. The van der Waals surface area contributed by atoms with Crippen molar-refractivity contribution in [3.8, 4) is 17.3 Å². The number of aryl methyl sites for hydroxylation is 1. The van der Waals surface area contributed by atoms with Crippen molar-refractivity contribution in [2.75, 3.05) is 5.43 Å². The summed E-state index contributed by atoms with van der Waals surface area (Å²) in [4.78, 5) is 16.7. The molecule has 4 rings (SSSR count). The average Bonchev–Trinajstić information content (AvgIpc) is 3.18. The lowest BCUT2D eigenvalue weighted by molar-refractivity contribution is 0.563. The number of benzene rings is 2. The van der Waals surface area contributed by atoms with Gasteiger partial charge in [0.2, 0.25) is 0 Å². The minimum Gasteiger partial charge on any atom is -0.422 e. The highest BCUT2D eigenvalue weighted by molar-refractivity contribution is 7.12. The molecule has 2 aromatic heterocycles. The van der Waals surface area contributed by atoms with E-state index in [1.165, 1.54) is 11.3 Å². The van der Waals surface area contributed by atoms with Crippen LogP contribution < -0.4 is 11.1 Å². The molecular formula is C21H14N4O2S. The first-order valence-electron chi connectivity index (χ1n) is 8.43. The maximum Gasteiger partial charge on any atom is 0.345 e. The Balaban J connectivity index is 1.66. The van der Waals surface area contributed by atoms with Crippen LogP contribution in [0.4, 0.5) is 5.69 Å². The number of para-hydroxylation sites is 1. The van der Waals surface area contributed by atoms with E-state index in [-0.39, 0.29) is 5.71 Å². The van der Waals surface area contributed by atoms with Gasteiger partial charge in [0, 0.05) is 10.8 Å². The molecule has 6 nitrogen and oxygen atoms in total. The number of fused-ring (bicyclic) bond motifs is 1. The molecule has 0 saturated heterocycles. The van der Waals surface area contributed by atoms with Gasteiger partial charge in [0.25, 0.3) is 0 Å². The summed E-state index contributed by atoms with van der Waals surface area (Å²) in [5.41, 5.74) is 5.73. The lowest BCUT2D eigenvalue weighted by Crippen LogP contribution is -2.04. The van der Waals surface area contributed by atoms with Crippen LogP contribution in [0.15, 0.2) is 74.3 Å². The van der Waals surface area contributed by atoms with Crippen LogP contribution in [0.2, 0.25) is 0 Å². The molecule has 0 fully saturated rings. The molecule has 0 aliphatic carbocycles. The van der Waals surface area contributed by atoms with Gasteiger partial charge in [-0.25, -0.2) is 9.78 Å². The molecule has 0 bridgehead atoms. The Bertz CT molecular complexity index is 1300. The summed E-state index contributed by atoms with van der Waals surface area (Å²) in [5.74, 6) is 0. The minimum absolute atomic E-state index is 0.142. The Morgan fingerprint density at radius 1 is 1.21 bits per heavy atom. The summed E-state index contributed by atoms with van der Waals surface area (Å²) in [6.07, 6.45) is 0. The maximum atomic E-state index is 12.3. The zero-order valence-corrected chi connectivity index (χ0v) is 15.7. The Hall–Kier alpha value is -3.76. The zero-order valence-electron chi connectivity index (χ0n) is 14.8. The van der Waals surface area contributed by atoms with E-state index in [0.29, 0.717) is 21.8 Å². The van der Waals surface area contributed by atoms with Crippen LogP contribution >= 0.6 is 11.3 Å². The molecule has 2 heterocycles. The third-order valence-corrected chi connectivity index (χ3v) is 4.89. The molecule has 1 N–H and O–H groups in total. The number of aromatic nitrogens is 1. The lowest BCUT2D eigenvalue weighted by atomic mass is 10.1. The predicted octanol–water partition coefficient (Wildman–Crippen LogP) is 4.56. The van der Waals surface area contributed by atoms with Crippen LogP contribution in [0.1, 0.15) is 10.6 Å². The van der Waals surface area contributed by atoms with Crippen LogP contribution in [-0.4, -0.2) is 10.7 Å². The van der Waals surface area contributed by atoms with Crippen molar-refractivity contribution < 1.29 is 4.42 Å². The quantitative estimate of drug-likeness (QED) is 0.315. The highest BCUT2D eigenvalue weighted by Crippen LogP contribution is 2.23. The number of nitriles is 1. The first-order valence-corrected chi connectivity index (χ1v) is 9.31. The third-order valence-electron chi connectivity index (χ3n) is 4.04. The van der Waals surface area contributed by atoms with Crippen molar-refractivity contribution in [1.82, 2.24) is 4.98 Å². The van der Waals surface area contributed by atoms with Crippen molar-refractivity contribution >= 4 is 33.7 Å². The first kappa shape index (κ1) is 17.6. The maximum absolute atomic E-state index is 12.3. The van der Waals surface area contributed by atoms with E-state index >= 15 is 0 Å². The number of nitrogens with zero attached hydrogens (tertiary/aromatic N) is 3. The SMILES string of the molecule is Cc1cccc(N/N=C(\C#N)c2nc(-c3cc4ccccc4oc3=O)cs2)c1. The van der Waals surface area contributed by atoms with E-state index in [0.717, 1.165) is 16.6 Å². The average molecular weight is 386 g/mol. The van der Waals surface area contributed by atoms with Crippen LogP contribution in [-0.2, 0) is 0 Å². The third kappa shape index (κ3) is 3.54. The zero-order chi connectivity index (χ0) is 19.5. The summed E-state index contributed by atoms with van der Waals surface area (Å²) in [6, 6.07) is 18.7. The molecule has 0 amide bonds. The summed E-state index contributed by atoms with van der Waals surface area (Å²) in [5, 5.41) is 16.6. The molecule has 0 spiro atoms. The Labute approximate surface area is 164 Å². The van der Waals surface area contributed by atoms with Gasteiger partial charge in [-0.2, -0.15) is 10.4 Å². The minimum atomic E-state index is -0.469. The molecule has 2 aromatic carbocycles. The van der Waals surface area contributed by atoms with Gasteiger partial charge in [-0.05, 0) is 36.8 Å². The molecular weight excluding hydrogens is 372 g/mol. The van der Waals surface area contributed by atoms with E-state index in [2.05, 4.69) is 15.5 Å². The van der Waals surface area contributed by atoms with E-state index in [4.69, 9.17) is 4.42 Å². The fourth-order valence-electron chi connectivity index (χ4n) is 2.70. The van der Waals surface area contributed by atoms with Gasteiger partial charge < -0.3 is 4.42 Å². The second-order valence-electron chi connectivity index (χ2n) is 6.08. The standard InChI is InChI=1S/C21H14N4O2S/c1-13-5-4-7-15(9-13)24-25-17(11-22)20-23-18(12-28-20)16-10-14-6-2-3-8-19(14)27-21(16)26/h2-10,12,24H,1H3/b25-17+. The van der Waals surface area contributed by atoms with Crippen LogP contribution in [0, 0.1) is 18.3 Å². The molecule has 0 atom stereocenters. The Morgan fingerprint density at radius 3 is 2.89 bits per heavy atom. The van der Waals surface area contributed by atoms with Crippen LogP contribution in [0.25, 0.3) is 22.2 Å². The van der Waals surface area contributed by atoms with Gasteiger partial charge in [0.05, 0.1) is 16.9 Å². The second kappa shape index (κ2) is 7.47. The largest absolute Gasteiger partial charge is 0.422 e. The molecule has 0 aliphatic rings. The molecule has 0 saturated carbocycles. The fourth-order valence-corrected chi connectivity index (χ4v) is 3.46. The van der Waals surface area contributed by atoms with E-state index < -0.39 is 5.63 Å². The van der Waals surface area contributed by atoms with Gasteiger partial charge in [-0.15, -0.1) is 11.3 Å². The van der Waals surface area contributed by atoms with E-state index in [9.17, 15) is 10.1 Å². The summed E-state index contributed by atoms with van der Waals surface area (Å²) in [7, 11) is 0. The molecule has 28 heavy (non-hydrogen) atoms. The summed E-state index contributed by atoms with van der Waals surface area (Å²) >= 11 is 1.24. The summed E-state index contributed by atoms with van der Waals surface area (Å²) in [6.45, 7) is 1.97. The number of rotatable bonds is 4. The van der Waals surface area contributed by atoms with Crippen molar-refractivity contribution in [2.45, 2.75) is 6.92 Å². The molecule has 136 valence electrons. The number of hydrogen-bond donors (Lipinski definition) is 1. The van der Waals surface area contributed by atoms with Gasteiger partial charge in [-0.3, -0.25) is 5.43 Å². The number of hydrazone groups is 1. The number of nitrogens with one attached hydrogen (secondary N) is 1. The van der Waals surface area contributed by atoms with E-state index in [1.54, 1.807) is 17.5 Å². The van der Waals surface area contributed by atoms with Crippen LogP contribution in [0.5, 0.6) is 0 Å². The van der Waals surface area contributed by atoms with Gasteiger partial charge in [0.15, 0.2) is 10.7 Å². The molecule has 7 heteroatoms. The van der Waals surface area contributed by atoms with Crippen molar-refractivity contribution in [3.63, 3.8) is 0 Å². The van der Waals surface area contributed by atoms with Gasteiger partial charge in [0.1, 0.15) is 11.7 Å². The van der Waals surface area contributed by atoms with Gasteiger partial charge in [-0.1, -0.05) is 30.3 Å². The fraction of sp³-hybridized carbons (Fsp3) is 0.0476. The van der Waals surface area contributed by atoms with Gasteiger partial charge >= 0.3 is 5.63 Å². The monoisotopic (exact) mass is 386 g/mol. The molecule has 4 aromatic rings. The summed E-state index contributed by atoms with van der Waals surface area (Å²) < 4.78 is 5.36. The van der Waals surface area contributed by atoms with Crippen molar-refractivity contribution in [1.29, 1.82) is 5.26 Å². The second-order valence-corrected chi connectivity index (χ2v) is 6.93. The Morgan fingerprint density at radius 2 is 2.07 bits per heavy atom. The highest BCUT2D eigenvalue weighted by Gasteiger charge is 2.14. The van der Waals surface area contributed by atoms with Crippen molar-refractivity contribution in [3.05, 3.63) is 81.0 Å². The number of hydrogen-bond acceptors (Lipinski definition) is 7. The Kier molecular flexibility index (Phi) is 4.70. The lowest BCUT2D eigenvalue weighted by Gasteiger charge is -2.01. The number of anilines is 1. The molecule has 0 radical (unpaired) electrons. The number of thiazole rings is 1. The topological polar surface area (TPSA) is 91.3 Å². The van der Waals surface area contributed by atoms with Crippen molar-refractivity contribution in [2.24, 2.45) is 5.10 Å². The van der Waals surface area contributed by atoms with Crippen LogP contribution in [0.3, 0.4) is 0 Å². The van der Waals surface area contributed by atoms with E-state index in [1.807, 2.05) is 55.5 Å². The highest BCUT2D eigenvalue weighted by atomic mass is 32.1. The predicted molar refractivity (Wildman–Crippen MR) is 111 cm³/mol. The molecule has 0 aliphatic heterocycles. The smallest absolute Gasteiger partial charge is 0.345 e.